The highest BCUT2D eigenvalue weighted by molar-refractivity contribution is 5.76. The number of carbonyl (C=O) groups excluding carboxylic acids is 2. The number of nitrogens with zero attached hydrogens (tertiary/aromatic N) is 1. The molecular weight excluding hydrogens is 378 g/mol. The lowest BCUT2D eigenvalue weighted by Gasteiger charge is -2.30. The first-order chi connectivity index (χ1) is 14.2. The van der Waals surface area contributed by atoms with Crippen LogP contribution >= 0.6 is 0 Å². The summed E-state index contributed by atoms with van der Waals surface area (Å²) in [7, 11) is 0. The van der Waals surface area contributed by atoms with Crippen LogP contribution in [0.3, 0.4) is 0 Å². The van der Waals surface area contributed by atoms with Crippen molar-refractivity contribution in [1.29, 1.82) is 0 Å². The number of aliphatic hydroxyl groups is 1. The van der Waals surface area contributed by atoms with Gasteiger partial charge in [0.15, 0.2) is 0 Å². The highest BCUT2D eigenvalue weighted by atomic mass is 16.3. The summed E-state index contributed by atoms with van der Waals surface area (Å²) >= 11 is 0. The lowest BCUT2D eigenvalue weighted by atomic mass is 10.00. The monoisotopic (exact) mass is 419 g/mol. The summed E-state index contributed by atoms with van der Waals surface area (Å²) in [5.74, 6) is 0.823. The zero-order chi connectivity index (χ0) is 22.5. The third-order valence-corrected chi connectivity index (χ3v) is 5.08. The second-order valence-corrected chi connectivity index (χ2v) is 8.87. The van der Waals surface area contributed by atoms with Gasteiger partial charge in [-0.25, -0.2) is 5.01 Å². The van der Waals surface area contributed by atoms with Crippen molar-refractivity contribution in [3.05, 3.63) is 35.9 Å². The highest BCUT2D eigenvalue weighted by Crippen LogP contribution is 2.10. The number of carbonyl (C=O) groups is 2. The molecule has 0 fully saturated rings. The fraction of sp³-hybridized carbons (Fsp3) is 0.667. The molecule has 2 amide bonds. The number of hydrogen-bond acceptors (Lipinski definition) is 4. The highest BCUT2D eigenvalue weighted by Gasteiger charge is 2.24. The number of rotatable bonds is 14. The number of likely N-dealkylation sites (N-methyl/N-ethyl adjacent to an activating group) is 1. The SMILES string of the molecule is CCN(C[C@@H](O)[C@H](Cc1ccccc1)NC(=O)CCC(C)C)NC(=O)CCC(C)C. The Morgan fingerprint density at radius 1 is 0.967 bits per heavy atom. The summed E-state index contributed by atoms with van der Waals surface area (Å²) in [5.41, 5.74) is 3.94. The van der Waals surface area contributed by atoms with Gasteiger partial charge in [-0.05, 0) is 36.7 Å². The maximum Gasteiger partial charge on any atom is 0.234 e. The second-order valence-electron chi connectivity index (χ2n) is 8.87. The summed E-state index contributed by atoms with van der Waals surface area (Å²) in [6, 6.07) is 9.41. The van der Waals surface area contributed by atoms with E-state index in [0.717, 1.165) is 18.4 Å². The molecule has 0 bridgehead atoms. The first kappa shape index (κ1) is 26.1. The number of hydrazine groups is 1. The van der Waals surface area contributed by atoms with Crippen LogP contribution in [0.2, 0.25) is 0 Å². The van der Waals surface area contributed by atoms with E-state index in [0.29, 0.717) is 37.6 Å². The van der Waals surface area contributed by atoms with Crippen molar-refractivity contribution in [1.82, 2.24) is 15.8 Å². The van der Waals surface area contributed by atoms with Crippen LogP contribution in [0.15, 0.2) is 30.3 Å². The third-order valence-electron chi connectivity index (χ3n) is 5.08. The molecule has 0 unspecified atom stereocenters. The van der Waals surface area contributed by atoms with Crippen LogP contribution in [0.5, 0.6) is 0 Å². The predicted octanol–water partition coefficient (Wildman–Crippen LogP) is 3.30. The fourth-order valence-electron chi connectivity index (χ4n) is 3.11. The van der Waals surface area contributed by atoms with Crippen molar-refractivity contribution in [2.75, 3.05) is 13.1 Å². The molecule has 0 saturated carbocycles. The molecule has 1 rings (SSSR count). The molecule has 6 nitrogen and oxygen atoms in total. The molecule has 0 spiro atoms. The minimum absolute atomic E-state index is 0.0432. The summed E-state index contributed by atoms with van der Waals surface area (Å²) in [4.78, 5) is 24.6. The van der Waals surface area contributed by atoms with Gasteiger partial charge in [0, 0.05) is 25.9 Å². The summed E-state index contributed by atoms with van der Waals surface area (Å²) < 4.78 is 0. The van der Waals surface area contributed by atoms with E-state index in [1.54, 1.807) is 5.01 Å². The maximum atomic E-state index is 12.4. The number of benzene rings is 1. The Labute approximate surface area is 182 Å². The lowest BCUT2D eigenvalue weighted by molar-refractivity contribution is -0.128. The van der Waals surface area contributed by atoms with E-state index in [1.807, 2.05) is 37.3 Å². The summed E-state index contributed by atoms with van der Waals surface area (Å²) in [6.45, 7) is 11.1. The molecule has 0 aliphatic rings. The molecule has 0 heterocycles. The van der Waals surface area contributed by atoms with Crippen molar-refractivity contribution in [3.63, 3.8) is 0 Å². The molecule has 0 radical (unpaired) electrons. The van der Waals surface area contributed by atoms with E-state index in [9.17, 15) is 14.7 Å². The Morgan fingerprint density at radius 3 is 2.07 bits per heavy atom. The van der Waals surface area contributed by atoms with Gasteiger partial charge in [-0.3, -0.25) is 15.0 Å². The molecule has 0 aliphatic carbocycles. The lowest BCUT2D eigenvalue weighted by Crippen LogP contribution is -2.53. The molecule has 2 atom stereocenters. The van der Waals surface area contributed by atoms with Gasteiger partial charge in [-0.2, -0.15) is 0 Å². The van der Waals surface area contributed by atoms with Crippen LogP contribution in [0, 0.1) is 11.8 Å². The smallest absolute Gasteiger partial charge is 0.234 e. The Hall–Kier alpha value is -1.92. The molecule has 0 aromatic heterocycles. The Morgan fingerprint density at radius 2 is 1.53 bits per heavy atom. The largest absolute Gasteiger partial charge is 0.390 e. The van der Waals surface area contributed by atoms with Crippen molar-refractivity contribution >= 4 is 11.8 Å². The van der Waals surface area contributed by atoms with Crippen LogP contribution in [-0.2, 0) is 16.0 Å². The van der Waals surface area contributed by atoms with Gasteiger partial charge >= 0.3 is 0 Å². The van der Waals surface area contributed by atoms with E-state index < -0.39 is 12.1 Å². The van der Waals surface area contributed by atoms with E-state index in [4.69, 9.17) is 0 Å². The number of hydrogen-bond donors (Lipinski definition) is 3. The minimum atomic E-state index is -0.807. The van der Waals surface area contributed by atoms with E-state index in [-0.39, 0.29) is 18.4 Å². The average molecular weight is 420 g/mol. The van der Waals surface area contributed by atoms with Crippen molar-refractivity contribution < 1.29 is 14.7 Å². The molecule has 1 aromatic carbocycles. The number of nitrogens with one attached hydrogen (secondary N) is 2. The summed E-state index contributed by atoms with van der Waals surface area (Å²) in [5, 5.41) is 15.7. The number of aliphatic hydroxyl groups excluding tert-OH is 1. The predicted molar refractivity (Wildman–Crippen MR) is 122 cm³/mol. The molecule has 1 aromatic rings. The molecular formula is C24H41N3O3. The molecule has 3 N–H and O–H groups in total. The normalized spacial score (nSPS) is 13.5. The zero-order valence-electron chi connectivity index (χ0n) is 19.4. The van der Waals surface area contributed by atoms with Gasteiger partial charge in [-0.15, -0.1) is 0 Å². The zero-order valence-corrected chi connectivity index (χ0v) is 19.4. The van der Waals surface area contributed by atoms with Crippen LogP contribution in [0.25, 0.3) is 0 Å². The van der Waals surface area contributed by atoms with Crippen molar-refractivity contribution in [2.24, 2.45) is 11.8 Å². The fourth-order valence-corrected chi connectivity index (χ4v) is 3.11. The van der Waals surface area contributed by atoms with Crippen LogP contribution < -0.4 is 10.7 Å². The second kappa shape index (κ2) is 14.1. The Bertz CT molecular complexity index is 619. The van der Waals surface area contributed by atoms with Crippen LogP contribution in [0.4, 0.5) is 0 Å². The minimum Gasteiger partial charge on any atom is -0.390 e. The van der Waals surface area contributed by atoms with E-state index in [2.05, 4.69) is 38.4 Å². The van der Waals surface area contributed by atoms with Crippen LogP contribution in [0.1, 0.15) is 65.9 Å². The average Bonchev–Trinajstić information content (AvgIpc) is 2.70. The van der Waals surface area contributed by atoms with Gasteiger partial charge in [0.05, 0.1) is 12.1 Å². The molecule has 0 saturated heterocycles. The molecule has 0 aliphatic heterocycles. The van der Waals surface area contributed by atoms with Gasteiger partial charge < -0.3 is 10.4 Å². The van der Waals surface area contributed by atoms with E-state index >= 15 is 0 Å². The summed E-state index contributed by atoms with van der Waals surface area (Å²) in [6.07, 6.45) is 2.27. The van der Waals surface area contributed by atoms with Gasteiger partial charge in [0.2, 0.25) is 11.8 Å². The Kier molecular flexibility index (Phi) is 12.3. The van der Waals surface area contributed by atoms with E-state index in [1.165, 1.54) is 0 Å². The maximum absolute atomic E-state index is 12.4. The standard InChI is InChI=1S/C24H41N3O3/c1-6-27(26-24(30)15-13-19(4)5)17-22(28)21(16-20-10-8-7-9-11-20)25-23(29)14-12-18(2)3/h7-11,18-19,21-22,28H,6,12-17H2,1-5H3,(H,25,29)(H,26,30)/t21-,22+/m0/s1. The van der Waals surface area contributed by atoms with Gasteiger partial charge in [0.1, 0.15) is 0 Å². The molecule has 30 heavy (non-hydrogen) atoms. The first-order valence-corrected chi connectivity index (χ1v) is 11.3. The number of amides is 2. The molecule has 170 valence electrons. The van der Waals surface area contributed by atoms with Gasteiger partial charge in [0.25, 0.3) is 0 Å². The van der Waals surface area contributed by atoms with Gasteiger partial charge in [-0.1, -0.05) is 65.0 Å². The quantitative estimate of drug-likeness (QED) is 0.404. The van der Waals surface area contributed by atoms with Crippen LogP contribution in [-0.4, -0.2) is 47.2 Å². The first-order valence-electron chi connectivity index (χ1n) is 11.3. The molecule has 6 heteroatoms. The third kappa shape index (κ3) is 11.3. The van der Waals surface area contributed by atoms with Crippen molar-refractivity contribution in [3.8, 4) is 0 Å². The Balaban J connectivity index is 2.74. The topological polar surface area (TPSA) is 81.7 Å². The van der Waals surface area contributed by atoms with Crippen molar-refractivity contribution in [2.45, 2.75) is 78.9 Å².